The Balaban J connectivity index is 3.13. The van der Waals surface area contributed by atoms with Crippen LogP contribution in [0.1, 0.15) is 5.56 Å². The fraction of sp³-hybridized carbons (Fsp3) is 0. The zero-order chi connectivity index (χ0) is 8.27. The molecular weight excluding hydrogens is 146 g/mol. The molecular formula is C6H2N3O2. The molecule has 0 aliphatic rings. The van der Waals surface area contributed by atoms with Gasteiger partial charge in [0.05, 0.1) is 10.5 Å². The predicted octanol–water partition coefficient (Wildman–Crippen LogP) is 0.662. The standard InChI is InChI=1S/C6H2N3O2/c7-2-5-1-6(9(10)11)4-8-3-5/h1,4H. The molecule has 0 atom stereocenters. The van der Waals surface area contributed by atoms with Gasteiger partial charge in [-0.15, -0.1) is 0 Å². The summed E-state index contributed by atoms with van der Waals surface area (Å²) in [7, 11) is 0. The smallest absolute Gasteiger partial charge is 0.258 e. The SMILES string of the molecule is N#Cc1[c]ncc([N+](=O)[O-])c1. The number of nitriles is 1. The maximum Gasteiger partial charge on any atom is 0.288 e. The van der Waals surface area contributed by atoms with Crippen molar-refractivity contribution >= 4 is 5.69 Å². The minimum absolute atomic E-state index is 0.0687. The van der Waals surface area contributed by atoms with E-state index >= 15 is 0 Å². The van der Waals surface area contributed by atoms with Crippen molar-refractivity contribution in [1.29, 1.82) is 5.26 Å². The Morgan fingerprint density at radius 2 is 2.55 bits per heavy atom. The first kappa shape index (κ1) is 7.15. The third-order valence-electron chi connectivity index (χ3n) is 1.01. The zero-order valence-corrected chi connectivity index (χ0v) is 5.31. The van der Waals surface area contributed by atoms with Crippen molar-refractivity contribution in [2.75, 3.05) is 0 Å². The van der Waals surface area contributed by atoms with E-state index in [4.69, 9.17) is 5.26 Å². The molecule has 0 aliphatic heterocycles. The quantitative estimate of drug-likeness (QED) is 0.432. The molecule has 0 spiro atoms. The monoisotopic (exact) mass is 148 g/mol. The van der Waals surface area contributed by atoms with E-state index in [9.17, 15) is 10.1 Å². The summed E-state index contributed by atoms with van der Waals surface area (Å²) in [6, 6.07) is 2.82. The van der Waals surface area contributed by atoms with Gasteiger partial charge in [0.1, 0.15) is 18.5 Å². The molecule has 1 aromatic heterocycles. The van der Waals surface area contributed by atoms with Crippen LogP contribution in [0.4, 0.5) is 5.69 Å². The highest BCUT2D eigenvalue weighted by molar-refractivity contribution is 5.35. The third kappa shape index (κ3) is 1.49. The first-order valence-corrected chi connectivity index (χ1v) is 2.66. The van der Waals surface area contributed by atoms with Crippen LogP contribution in [-0.2, 0) is 0 Å². The molecule has 0 aromatic carbocycles. The molecule has 0 fully saturated rings. The molecule has 0 N–H and O–H groups in total. The van der Waals surface area contributed by atoms with Crippen molar-refractivity contribution in [2.45, 2.75) is 0 Å². The normalized spacial score (nSPS) is 8.64. The van der Waals surface area contributed by atoms with Gasteiger partial charge in [0, 0.05) is 6.07 Å². The Labute approximate surface area is 62.1 Å². The van der Waals surface area contributed by atoms with E-state index in [1.165, 1.54) is 0 Å². The topological polar surface area (TPSA) is 79.8 Å². The second kappa shape index (κ2) is 2.75. The molecule has 0 amide bonds. The largest absolute Gasteiger partial charge is 0.288 e. The van der Waals surface area contributed by atoms with Crippen molar-refractivity contribution < 1.29 is 4.92 Å². The Morgan fingerprint density at radius 1 is 1.82 bits per heavy atom. The summed E-state index contributed by atoms with van der Waals surface area (Å²) >= 11 is 0. The van der Waals surface area contributed by atoms with Crippen LogP contribution in [0.2, 0.25) is 0 Å². The Hall–Kier alpha value is -1.96. The van der Waals surface area contributed by atoms with E-state index in [1.807, 2.05) is 0 Å². The molecule has 5 heteroatoms. The number of nitro groups is 1. The second-order valence-electron chi connectivity index (χ2n) is 1.72. The zero-order valence-electron chi connectivity index (χ0n) is 5.31. The fourth-order valence-corrected chi connectivity index (χ4v) is 0.542. The number of nitrogens with zero attached hydrogens (tertiary/aromatic N) is 3. The Morgan fingerprint density at radius 3 is 3.09 bits per heavy atom. The lowest BCUT2D eigenvalue weighted by Gasteiger charge is -1.87. The van der Waals surface area contributed by atoms with Crippen LogP contribution >= 0.6 is 0 Å². The number of pyridine rings is 1. The molecule has 1 aromatic rings. The molecule has 53 valence electrons. The summed E-state index contributed by atoms with van der Waals surface area (Å²) in [5.74, 6) is 0. The molecule has 0 saturated heterocycles. The van der Waals surface area contributed by atoms with E-state index in [0.29, 0.717) is 0 Å². The van der Waals surface area contributed by atoms with Gasteiger partial charge in [0.2, 0.25) is 0 Å². The highest BCUT2D eigenvalue weighted by Crippen LogP contribution is 2.08. The number of hydrogen-bond acceptors (Lipinski definition) is 4. The van der Waals surface area contributed by atoms with Crippen LogP contribution in [0, 0.1) is 27.6 Å². The van der Waals surface area contributed by atoms with E-state index < -0.39 is 4.92 Å². The fourth-order valence-electron chi connectivity index (χ4n) is 0.542. The van der Waals surface area contributed by atoms with Gasteiger partial charge < -0.3 is 0 Å². The van der Waals surface area contributed by atoms with Crippen LogP contribution < -0.4 is 0 Å². The summed E-state index contributed by atoms with van der Waals surface area (Å²) in [5, 5.41) is 18.4. The van der Waals surface area contributed by atoms with Crippen molar-refractivity contribution in [3.05, 3.63) is 34.1 Å². The van der Waals surface area contributed by atoms with Gasteiger partial charge in [-0.05, 0) is 0 Å². The van der Waals surface area contributed by atoms with Crippen LogP contribution in [0.25, 0.3) is 0 Å². The van der Waals surface area contributed by atoms with Crippen LogP contribution in [0.15, 0.2) is 12.3 Å². The molecule has 1 rings (SSSR count). The van der Waals surface area contributed by atoms with Gasteiger partial charge >= 0.3 is 0 Å². The third-order valence-corrected chi connectivity index (χ3v) is 1.01. The van der Waals surface area contributed by atoms with Gasteiger partial charge in [-0.2, -0.15) is 5.26 Å². The molecule has 11 heavy (non-hydrogen) atoms. The average molecular weight is 148 g/mol. The molecule has 1 heterocycles. The first-order chi connectivity index (χ1) is 5.24. The molecule has 0 unspecified atom stereocenters. The summed E-state index contributed by atoms with van der Waals surface area (Å²) in [5.41, 5.74) is -0.125. The summed E-state index contributed by atoms with van der Waals surface area (Å²) in [6.07, 6.45) is 3.34. The van der Waals surface area contributed by atoms with Crippen molar-refractivity contribution in [1.82, 2.24) is 4.98 Å². The number of rotatable bonds is 1. The predicted molar refractivity (Wildman–Crippen MR) is 34.4 cm³/mol. The molecule has 1 radical (unpaired) electrons. The lowest BCUT2D eigenvalue weighted by molar-refractivity contribution is -0.385. The van der Waals surface area contributed by atoms with Gasteiger partial charge in [-0.3, -0.25) is 10.1 Å². The van der Waals surface area contributed by atoms with E-state index in [1.54, 1.807) is 6.07 Å². The van der Waals surface area contributed by atoms with Gasteiger partial charge in [0.15, 0.2) is 0 Å². The van der Waals surface area contributed by atoms with E-state index in [2.05, 4.69) is 11.2 Å². The highest BCUT2D eigenvalue weighted by atomic mass is 16.6. The summed E-state index contributed by atoms with van der Waals surface area (Å²) < 4.78 is 0. The van der Waals surface area contributed by atoms with Crippen molar-refractivity contribution in [3.63, 3.8) is 0 Å². The molecule has 0 saturated carbocycles. The lowest BCUT2D eigenvalue weighted by atomic mass is 10.3. The second-order valence-corrected chi connectivity index (χ2v) is 1.72. The maximum atomic E-state index is 10.1. The van der Waals surface area contributed by atoms with E-state index in [-0.39, 0.29) is 11.3 Å². The summed E-state index contributed by atoms with van der Waals surface area (Å²) in [4.78, 5) is 12.9. The summed E-state index contributed by atoms with van der Waals surface area (Å²) in [6.45, 7) is 0. The van der Waals surface area contributed by atoms with Gasteiger partial charge in [-0.25, -0.2) is 4.98 Å². The Kier molecular flexibility index (Phi) is 1.79. The first-order valence-electron chi connectivity index (χ1n) is 2.66. The Bertz CT molecular complexity index is 329. The lowest BCUT2D eigenvalue weighted by Crippen LogP contribution is -1.89. The molecule has 0 aliphatic carbocycles. The van der Waals surface area contributed by atoms with Crippen LogP contribution in [0.3, 0.4) is 0 Å². The number of hydrogen-bond donors (Lipinski definition) is 0. The van der Waals surface area contributed by atoms with Crippen molar-refractivity contribution in [2.24, 2.45) is 0 Å². The van der Waals surface area contributed by atoms with Gasteiger partial charge in [0.25, 0.3) is 5.69 Å². The average Bonchev–Trinajstić information content (AvgIpc) is 2.05. The van der Waals surface area contributed by atoms with E-state index in [0.717, 1.165) is 12.3 Å². The molecule has 0 bridgehead atoms. The van der Waals surface area contributed by atoms with Crippen LogP contribution in [-0.4, -0.2) is 9.91 Å². The maximum absolute atomic E-state index is 10.1. The minimum atomic E-state index is -0.609. The van der Waals surface area contributed by atoms with Crippen LogP contribution in [0.5, 0.6) is 0 Å². The number of aromatic nitrogens is 1. The highest BCUT2D eigenvalue weighted by Gasteiger charge is 2.05. The van der Waals surface area contributed by atoms with Crippen molar-refractivity contribution in [3.8, 4) is 6.07 Å². The minimum Gasteiger partial charge on any atom is -0.258 e. The van der Waals surface area contributed by atoms with Gasteiger partial charge in [-0.1, -0.05) is 0 Å². The molecule has 5 nitrogen and oxygen atoms in total.